The normalized spacial score (nSPS) is 14.2. The molecule has 2 amide bonds. The van der Waals surface area contributed by atoms with Gasteiger partial charge in [0.15, 0.2) is 0 Å². The van der Waals surface area contributed by atoms with Gasteiger partial charge >= 0.3 is 12.2 Å². The molecule has 2 aromatic carbocycles. The summed E-state index contributed by atoms with van der Waals surface area (Å²) in [6.45, 7) is 1.16. The predicted molar refractivity (Wildman–Crippen MR) is 117 cm³/mol. The van der Waals surface area contributed by atoms with Crippen LogP contribution in [0, 0.1) is 0 Å². The van der Waals surface area contributed by atoms with Gasteiger partial charge in [-0.25, -0.2) is 14.3 Å². The third kappa shape index (κ3) is 5.44. The maximum Gasteiger partial charge on any atom is 0.418 e. The zero-order valence-corrected chi connectivity index (χ0v) is 17.4. The quantitative estimate of drug-likeness (QED) is 0.602. The van der Waals surface area contributed by atoms with Gasteiger partial charge in [0.1, 0.15) is 11.6 Å². The van der Waals surface area contributed by atoms with E-state index < -0.39 is 12.2 Å². The third-order valence-electron chi connectivity index (χ3n) is 5.12. The van der Waals surface area contributed by atoms with Gasteiger partial charge < -0.3 is 19.5 Å². The van der Waals surface area contributed by atoms with E-state index in [4.69, 9.17) is 14.6 Å². The summed E-state index contributed by atoms with van der Waals surface area (Å²) < 4.78 is 12.9. The van der Waals surface area contributed by atoms with Crippen LogP contribution in [-0.4, -0.2) is 51.2 Å². The molecule has 32 heavy (non-hydrogen) atoms. The van der Waals surface area contributed by atoms with Crippen LogP contribution in [0.4, 0.5) is 15.4 Å². The number of piperidine rings is 1. The summed E-state index contributed by atoms with van der Waals surface area (Å²) in [6.07, 6.45) is -0.280. The molecule has 0 bridgehead atoms. The lowest BCUT2D eigenvalue weighted by Crippen LogP contribution is -2.40. The van der Waals surface area contributed by atoms with Crippen molar-refractivity contribution in [1.82, 2.24) is 14.7 Å². The number of para-hydroxylation sites is 2. The highest BCUT2D eigenvalue weighted by atomic mass is 16.6. The van der Waals surface area contributed by atoms with Crippen LogP contribution >= 0.6 is 0 Å². The highest BCUT2D eigenvalue weighted by molar-refractivity contribution is 5.85. The molecule has 0 unspecified atom stereocenters. The fraction of sp³-hybridized carbons (Fsp3) is 0.261. The number of benzene rings is 2. The van der Waals surface area contributed by atoms with Gasteiger partial charge in [0.25, 0.3) is 0 Å². The predicted octanol–water partition coefficient (Wildman–Crippen LogP) is 4.14. The minimum atomic E-state index is -0.900. The second-order valence-corrected chi connectivity index (χ2v) is 7.38. The van der Waals surface area contributed by atoms with Crippen molar-refractivity contribution in [1.29, 1.82) is 0 Å². The summed E-state index contributed by atoms with van der Waals surface area (Å²) in [5.41, 5.74) is 1.42. The molecule has 3 aromatic rings. The SMILES string of the molecule is O=C(Nc1cc(COC2CCN(C(=O)O)CC2)nn1-c1ccccc1)Oc1ccccc1. The number of aromatic nitrogens is 2. The molecular formula is C23H24N4O5. The van der Waals surface area contributed by atoms with Gasteiger partial charge in [0, 0.05) is 19.2 Å². The topological polar surface area (TPSA) is 106 Å². The van der Waals surface area contributed by atoms with Crippen molar-refractivity contribution in [3.8, 4) is 11.4 Å². The molecule has 166 valence electrons. The number of carbonyl (C=O) groups excluding carboxylic acids is 1. The summed E-state index contributed by atoms with van der Waals surface area (Å²) >= 11 is 0. The van der Waals surface area contributed by atoms with Gasteiger partial charge in [-0.05, 0) is 37.1 Å². The van der Waals surface area contributed by atoms with Crippen molar-refractivity contribution in [2.45, 2.75) is 25.6 Å². The zero-order chi connectivity index (χ0) is 22.3. The number of hydrogen-bond acceptors (Lipinski definition) is 5. The lowest BCUT2D eigenvalue weighted by Gasteiger charge is -2.29. The van der Waals surface area contributed by atoms with Crippen molar-refractivity contribution < 1.29 is 24.2 Å². The summed E-state index contributed by atoms with van der Waals surface area (Å²) in [4.78, 5) is 24.8. The Kier molecular flexibility index (Phi) is 6.66. The van der Waals surface area contributed by atoms with Gasteiger partial charge in [0.05, 0.1) is 24.1 Å². The fourth-order valence-corrected chi connectivity index (χ4v) is 3.50. The monoisotopic (exact) mass is 436 g/mol. The van der Waals surface area contributed by atoms with Crippen molar-refractivity contribution in [2.75, 3.05) is 18.4 Å². The van der Waals surface area contributed by atoms with E-state index in [1.54, 1.807) is 35.0 Å². The van der Waals surface area contributed by atoms with E-state index in [9.17, 15) is 9.59 Å². The standard InChI is InChI=1S/C23H24N4O5/c28-22(32-20-9-5-2-6-10-20)24-21-15-17(25-27(21)18-7-3-1-4-8-18)16-31-19-11-13-26(14-12-19)23(29)30/h1-10,15,19H,11-14,16H2,(H,24,28)(H,29,30). The maximum absolute atomic E-state index is 12.4. The van der Waals surface area contributed by atoms with Gasteiger partial charge in [-0.2, -0.15) is 5.10 Å². The molecule has 0 aliphatic carbocycles. The lowest BCUT2D eigenvalue weighted by molar-refractivity contribution is -0.00103. The van der Waals surface area contributed by atoms with Crippen molar-refractivity contribution >= 4 is 18.0 Å². The number of ether oxygens (including phenoxy) is 2. The average molecular weight is 436 g/mol. The van der Waals surface area contributed by atoms with E-state index in [2.05, 4.69) is 10.4 Å². The number of nitrogens with zero attached hydrogens (tertiary/aromatic N) is 3. The largest absolute Gasteiger partial charge is 0.465 e. The Hall–Kier alpha value is -3.85. The smallest absolute Gasteiger partial charge is 0.418 e. The summed E-state index contributed by atoms with van der Waals surface area (Å²) in [5, 5.41) is 16.4. The maximum atomic E-state index is 12.4. The number of carboxylic acid groups (broad SMARTS) is 1. The number of hydrogen-bond donors (Lipinski definition) is 2. The first-order valence-corrected chi connectivity index (χ1v) is 10.4. The first-order chi connectivity index (χ1) is 15.6. The van der Waals surface area contributed by atoms with Crippen LogP contribution in [-0.2, 0) is 11.3 Å². The van der Waals surface area contributed by atoms with E-state index in [0.29, 0.717) is 43.2 Å². The van der Waals surface area contributed by atoms with Crippen LogP contribution < -0.4 is 10.1 Å². The van der Waals surface area contributed by atoms with Crippen LogP contribution in [0.15, 0.2) is 66.7 Å². The number of amides is 2. The molecule has 9 heteroatoms. The van der Waals surface area contributed by atoms with E-state index in [-0.39, 0.29) is 12.7 Å². The Bertz CT molecular complexity index is 1050. The van der Waals surface area contributed by atoms with E-state index >= 15 is 0 Å². The Morgan fingerprint density at radius 3 is 2.34 bits per heavy atom. The van der Waals surface area contributed by atoms with Gasteiger partial charge in [-0.15, -0.1) is 0 Å². The first kappa shape index (κ1) is 21.4. The van der Waals surface area contributed by atoms with E-state index in [0.717, 1.165) is 5.69 Å². The van der Waals surface area contributed by atoms with Crippen LogP contribution in [0.25, 0.3) is 5.69 Å². The molecule has 4 rings (SSSR count). The molecule has 1 saturated heterocycles. The van der Waals surface area contributed by atoms with Crippen molar-refractivity contribution in [3.63, 3.8) is 0 Å². The second kappa shape index (κ2) is 9.97. The minimum absolute atomic E-state index is 0.0352. The van der Waals surface area contributed by atoms with Crippen LogP contribution in [0.5, 0.6) is 5.75 Å². The number of nitrogens with one attached hydrogen (secondary N) is 1. The Balaban J connectivity index is 1.44. The molecule has 0 atom stereocenters. The van der Waals surface area contributed by atoms with Gasteiger partial charge in [-0.3, -0.25) is 5.32 Å². The highest BCUT2D eigenvalue weighted by Gasteiger charge is 2.23. The molecule has 0 radical (unpaired) electrons. The molecule has 2 N–H and O–H groups in total. The first-order valence-electron chi connectivity index (χ1n) is 10.4. The molecule has 0 spiro atoms. The second-order valence-electron chi connectivity index (χ2n) is 7.38. The highest BCUT2D eigenvalue weighted by Crippen LogP contribution is 2.21. The van der Waals surface area contributed by atoms with Gasteiger partial charge in [0.2, 0.25) is 0 Å². The van der Waals surface area contributed by atoms with Gasteiger partial charge in [-0.1, -0.05) is 36.4 Å². The zero-order valence-electron chi connectivity index (χ0n) is 17.4. The van der Waals surface area contributed by atoms with Crippen molar-refractivity contribution in [3.05, 3.63) is 72.4 Å². The van der Waals surface area contributed by atoms with Crippen LogP contribution in [0.2, 0.25) is 0 Å². The Morgan fingerprint density at radius 1 is 1.03 bits per heavy atom. The van der Waals surface area contributed by atoms with E-state index in [1.807, 2.05) is 36.4 Å². The summed E-state index contributed by atoms with van der Waals surface area (Å²) in [6, 6.07) is 20.0. The third-order valence-corrected chi connectivity index (χ3v) is 5.12. The fourth-order valence-electron chi connectivity index (χ4n) is 3.50. The number of likely N-dealkylation sites (tertiary alicyclic amines) is 1. The minimum Gasteiger partial charge on any atom is -0.465 e. The van der Waals surface area contributed by atoms with Crippen LogP contribution in [0.1, 0.15) is 18.5 Å². The lowest BCUT2D eigenvalue weighted by atomic mass is 10.1. The molecule has 9 nitrogen and oxygen atoms in total. The molecule has 0 saturated carbocycles. The van der Waals surface area contributed by atoms with Crippen molar-refractivity contribution in [2.24, 2.45) is 0 Å². The molecule has 1 aliphatic heterocycles. The molecule has 1 aromatic heterocycles. The molecule has 1 fully saturated rings. The summed E-state index contributed by atoms with van der Waals surface area (Å²) in [5.74, 6) is 0.892. The number of carbonyl (C=O) groups is 2. The number of anilines is 1. The average Bonchev–Trinajstić information content (AvgIpc) is 3.21. The van der Waals surface area contributed by atoms with Crippen LogP contribution in [0.3, 0.4) is 0 Å². The number of rotatable bonds is 6. The Morgan fingerprint density at radius 2 is 1.69 bits per heavy atom. The molecule has 1 aliphatic rings. The Labute approximate surface area is 185 Å². The summed E-state index contributed by atoms with van der Waals surface area (Å²) in [7, 11) is 0. The van der Waals surface area contributed by atoms with E-state index in [1.165, 1.54) is 4.90 Å². The molecule has 2 heterocycles. The molecular weight excluding hydrogens is 412 g/mol.